The normalized spacial score (nSPS) is 17.1. The number of hydrogen-bond donors (Lipinski definition) is 1. The molecule has 4 nitrogen and oxygen atoms in total. The van der Waals surface area contributed by atoms with E-state index in [2.05, 4.69) is 6.07 Å². The number of benzene rings is 2. The lowest BCUT2D eigenvalue weighted by molar-refractivity contribution is 0.693. The Kier molecular flexibility index (Phi) is 5.39. The van der Waals surface area contributed by atoms with Crippen molar-refractivity contribution in [3.05, 3.63) is 68.8 Å². The van der Waals surface area contributed by atoms with Crippen molar-refractivity contribution in [2.45, 2.75) is 33.9 Å². The number of nitrogens with zero attached hydrogens (tertiary/aromatic N) is 3. The molecule has 2 aromatic carbocycles. The molecule has 1 aliphatic heterocycles. The number of hydrogen-bond acceptors (Lipinski definition) is 4. The molecule has 0 bridgehead atoms. The Bertz CT molecular complexity index is 919. The third-order valence-corrected chi connectivity index (χ3v) is 5.37. The number of hydrazine groups is 1. The Morgan fingerprint density at radius 3 is 1.96 bits per heavy atom. The summed E-state index contributed by atoms with van der Waals surface area (Å²) < 4.78 is 0. The minimum absolute atomic E-state index is 0.0640. The van der Waals surface area contributed by atoms with Crippen LogP contribution in [0.15, 0.2) is 47.7 Å². The Balaban J connectivity index is 2.35. The van der Waals surface area contributed by atoms with E-state index in [1.54, 1.807) is 0 Å². The minimum atomic E-state index is -0.651. The van der Waals surface area contributed by atoms with Gasteiger partial charge in [-0.1, -0.05) is 61.3 Å². The summed E-state index contributed by atoms with van der Waals surface area (Å²) in [6.07, 6.45) is -0.651. The summed E-state index contributed by atoms with van der Waals surface area (Å²) in [4.78, 5) is 0. The first-order chi connectivity index (χ1) is 12.8. The van der Waals surface area contributed by atoms with Crippen LogP contribution in [0.1, 0.15) is 25.0 Å². The third-order valence-electron chi connectivity index (χ3n) is 4.76. The second kappa shape index (κ2) is 7.44. The molecule has 0 aliphatic carbocycles. The van der Waals surface area contributed by atoms with Crippen molar-refractivity contribution < 1.29 is 0 Å². The highest BCUT2D eigenvalue weighted by molar-refractivity contribution is 6.34. The van der Waals surface area contributed by atoms with Crippen LogP contribution in [0.2, 0.25) is 10.0 Å². The molecule has 3 rings (SSSR count). The van der Waals surface area contributed by atoms with Crippen molar-refractivity contribution >= 4 is 34.6 Å². The van der Waals surface area contributed by atoms with Crippen molar-refractivity contribution in [2.24, 2.45) is 11.7 Å². The smallest absolute Gasteiger partial charge is 0.135 e. The molecular formula is C21H22Cl2N4. The van der Waals surface area contributed by atoms with Crippen molar-refractivity contribution in [1.82, 2.24) is 0 Å². The zero-order valence-electron chi connectivity index (χ0n) is 15.8. The Labute approximate surface area is 170 Å². The number of allylic oxidation sites excluding steroid dienone is 1. The van der Waals surface area contributed by atoms with Crippen LogP contribution in [0.25, 0.3) is 0 Å². The second-order valence-corrected chi connectivity index (χ2v) is 7.79. The zero-order valence-corrected chi connectivity index (χ0v) is 17.3. The van der Waals surface area contributed by atoms with E-state index in [0.29, 0.717) is 15.6 Å². The molecule has 1 unspecified atom stereocenters. The van der Waals surface area contributed by atoms with Gasteiger partial charge in [-0.15, -0.1) is 0 Å². The van der Waals surface area contributed by atoms with Gasteiger partial charge in [0.05, 0.1) is 32.7 Å². The predicted octanol–water partition coefficient (Wildman–Crippen LogP) is 5.57. The summed E-state index contributed by atoms with van der Waals surface area (Å²) in [5.74, 6) is 0.0640. The van der Waals surface area contributed by atoms with E-state index >= 15 is 0 Å². The van der Waals surface area contributed by atoms with E-state index in [0.717, 1.165) is 28.2 Å². The van der Waals surface area contributed by atoms with Gasteiger partial charge in [0.25, 0.3) is 0 Å². The average molecular weight is 401 g/mol. The van der Waals surface area contributed by atoms with Gasteiger partial charge in [-0.2, -0.15) is 5.26 Å². The zero-order chi connectivity index (χ0) is 19.9. The highest BCUT2D eigenvalue weighted by Crippen LogP contribution is 2.45. The van der Waals surface area contributed by atoms with Crippen LogP contribution >= 0.6 is 23.2 Å². The fraction of sp³-hybridized carbons (Fsp3) is 0.286. The highest BCUT2D eigenvalue weighted by atomic mass is 35.5. The molecule has 0 fully saturated rings. The summed E-state index contributed by atoms with van der Waals surface area (Å²) in [6.45, 7) is 8.06. The fourth-order valence-corrected chi connectivity index (χ4v) is 4.19. The van der Waals surface area contributed by atoms with E-state index in [1.165, 1.54) is 0 Å². The molecule has 140 valence electrons. The van der Waals surface area contributed by atoms with Gasteiger partial charge in [0, 0.05) is 0 Å². The standard InChI is InChI=1S/C21H22Cl2N4/c1-12(2)18-15(11-24)21(25)27(20-14(4)8-6-10-17(20)23)26(18)19-13(3)7-5-9-16(19)22/h5-10,12,21H,25H2,1-4H3. The molecule has 27 heavy (non-hydrogen) atoms. The molecule has 0 amide bonds. The number of halogens is 2. The van der Waals surface area contributed by atoms with Crippen molar-refractivity contribution in [3.63, 3.8) is 0 Å². The molecule has 0 saturated carbocycles. The monoisotopic (exact) mass is 400 g/mol. The molecule has 2 N–H and O–H groups in total. The summed E-state index contributed by atoms with van der Waals surface area (Å²) in [5, 5.41) is 14.9. The number of rotatable bonds is 3. The lowest BCUT2D eigenvalue weighted by Crippen LogP contribution is -2.48. The first kappa shape index (κ1) is 19.6. The van der Waals surface area contributed by atoms with Crippen LogP contribution in [0, 0.1) is 31.1 Å². The van der Waals surface area contributed by atoms with Gasteiger partial charge in [0.2, 0.25) is 0 Å². The quantitative estimate of drug-likeness (QED) is 0.731. The maximum absolute atomic E-state index is 9.86. The molecule has 0 radical (unpaired) electrons. The van der Waals surface area contributed by atoms with E-state index in [1.807, 2.05) is 74.1 Å². The van der Waals surface area contributed by atoms with Crippen LogP contribution in [-0.4, -0.2) is 6.17 Å². The highest BCUT2D eigenvalue weighted by Gasteiger charge is 2.41. The molecule has 1 atom stereocenters. The van der Waals surface area contributed by atoms with Crippen LogP contribution in [0.4, 0.5) is 11.4 Å². The van der Waals surface area contributed by atoms with Crippen LogP contribution in [0.5, 0.6) is 0 Å². The predicted molar refractivity (Wildman–Crippen MR) is 113 cm³/mol. The number of anilines is 2. The maximum atomic E-state index is 9.86. The van der Waals surface area contributed by atoms with Crippen molar-refractivity contribution in [2.75, 3.05) is 10.0 Å². The van der Waals surface area contributed by atoms with Gasteiger partial charge in [-0.25, -0.2) is 0 Å². The average Bonchev–Trinajstić information content (AvgIpc) is 2.87. The molecular weight excluding hydrogens is 379 g/mol. The first-order valence-corrected chi connectivity index (χ1v) is 9.54. The van der Waals surface area contributed by atoms with Crippen molar-refractivity contribution in [1.29, 1.82) is 5.26 Å². The fourth-order valence-electron chi connectivity index (χ4n) is 3.58. The molecule has 0 aromatic heterocycles. The first-order valence-electron chi connectivity index (χ1n) is 8.78. The van der Waals surface area contributed by atoms with E-state index < -0.39 is 6.17 Å². The number of nitriles is 1. The van der Waals surface area contributed by atoms with Crippen LogP contribution in [0.3, 0.4) is 0 Å². The third kappa shape index (κ3) is 3.17. The number of nitrogens with two attached hydrogens (primary N) is 1. The van der Waals surface area contributed by atoms with E-state index in [4.69, 9.17) is 28.9 Å². The summed E-state index contributed by atoms with van der Waals surface area (Å²) in [5.41, 5.74) is 11.4. The Morgan fingerprint density at radius 2 is 1.52 bits per heavy atom. The maximum Gasteiger partial charge on any atom is 0.135 e. The molecule has 2 aromatic rings. The molecule has 0 spiro atoms. The second-order valence-electron chi connectivity index (χ2n) is 6.98. The number of aryl methyl sites for hydroxylation is 2. The number of para-hydroxylation sites is 2. The van der Waals surface area contributed by atoms with Crippen molar-refractivity contribution in [3.8, 4) is 6.07 Å². The largest absolute Gasteiger partial charge is 0.305 e. The molecule has 1 aliphatic rings. The van der Waals surface area contributed by atoms with Crippen LogP contribution < -0.4 is 15.8 Å². The molecule has 1 heterocycles. The van der Waals surface area contributed by atoms with Gasteiger partial charge >= 0.3 is 0 Å². The minimum Gasteiger partial charge on any atom is -0.305 e. The summed E-state index contributed by atoms with van der Waals surface area (Å²) >= 11 is 13.2. The molecule has 6 heteroatoms. The van der Waals surface area contributed by atoms with E-state index in [9.17, 15) is 5.26 Å². The van der Waals surface area contributed by atoms with Gasteiger partial charge in [-0.3, -0.25) is 10.0 Å². The van der Waals surface area contributed by atoms with Gasteiger partial charge in [0.15, 0.2) is 0 Å². The Hall–Kier alpha value is -2.19. The van der Waals surface area contributed by atoms with Crippen LogP contribution in [-0.2, 0) is 0 Å². The summed E-state index contributed by atoms with van der Waals surface area (Å²) in [6, 6.07) is 13.8. The van der Waals surface area contributed by atoms with E-state index in [-0.39, 0.29) is 5.92 Å². The van der Waals surface area contributed by atoms with Gasteiger partial charge < -0.3 is 5.73 Å². The SMILES string of the molecule is Cc1cccc(Cl)c1N1C(C(C)C)=C(C#N)C(N)N1c1c(C)cccc1Cl. The lowest BCUT2D eigenvalue weighted by atomic mass is 10.0. The Morgan fingerprint density at radius 1 is 1.00 bits per heavy atom. The molecule has 0 saturated heterocycles. The van der Waals surface area contributed by atoms with Gasteiger partial charge in [0.1, 0.15) is 12.2 Å². The van der Waals surface area contributed by atoms with Gasteiger partial charge in [-0.05, 0) is 43.0 Å². The topological polar surface area (TPSA) is 56.3 Å². The lowest BCUT2D eigenvalue weighted by Gasteiger charge is -2.39. The summed E-state index contributed by atoms with van der Waals surface area (Å²) in [7, 11) is 0.